The van der Waals surface area contributed by atoms with E-state index in [0.29, 0.717) is 0 Å². The molecule has 13 rings (SSSR count). The molecule has 0 fully saturated rings. The van der Waals surface area contributed by atoms with Gasteiger partial charge in [-0.05, 0) is 159 Å². The molecule has 0 amide bonds. The highest BCUT2D eigenvalue weighted by Gasteiger charge is 2.47. The van der Waals surface area contributed by atoms with Crippen LogP contribution in [0.2, 0.25) is 0 Å². The smallest absolute Gasteiger partial charge is 0.0622 e. The average molecular weight is 927 g/mol. The van der Waals surface area contributed by atoms with Crippen LogP contribution >= 0.6 is 0 Å². The van der Waals surface area contributed by atoms with E-state index in [0.717, 1.165) is 22.3 Å². The van der Waals surface area contributed by atoms with Crippen LogP contribution in [0, 0.1) is 0 Å². The molecule has 0 aliphatic heterocycles. The maximum Gasteiger partial charge on any atom is 0.0714 e. The fourth-order valence-electron chi connectivity index (χ4n) is 11.8. The molecule has 0 spiro atoms. The first-order chi connectivity index (χ1) is 36.2. The second kappa shape index (κ2) is 18.8. The van der Waals surface area contributed by atoms with Gasteiger partial charge in [0.15, 0.2) is 0 Å². The molecule has 1 aliphatic rings. The monoisotopic (exact) mass is 926 g/mol. The lowest BCUT2D eigenvalue weighted by Gasteiger charge is -2.36. The van der Waals surface area contributed by atoms with Crippen LogP contribution in [-0.4, -0.2) is 0 Å². The Morgan fingerprint density at radius 1 is 0.151 bits per heavy atom. The summed E-state index contributed by atoms with van der Waals surface area (Å²) in [6, 6.07) is 112. The molecule has 12 aromatic rings. The van der Waals surface area contributed by atoms with Gasteiger partial charge in [0.2, 0.25) is 0 Å². The highest BCUT2D eigenvalue weighted by atomic mass is 14.5. The third kappa shape index (κ3) is 7.73. The van der Waals surface area contributed by atoms with Crippen molar-refractivity contribution in [2.24, 2.45) is 0 Å². The maximum atomic E-state index is 2.51. The summed E-state index contributed by atoms with van der Waals surface area (Å²) in [5.74, 6) is 0. The van der Waals surface area contributed by atoms with Crippen molar-refractivity contribution in [1.82, 2.24) is 0 Å². The first-order valence-corrected chi connectivity index (χ1v) is 25.3. The van der Waals surface area contributed by atoms with Crippen molar-refractivity contribution in [3.05, 3.63) is 326 Å². The summed E-state index contributed by atoms with van der Waals surface area (Å²) >= 11 is 0. The molecule has 12 aromatic carbocycles. The Bertz CT molecular complexity index is 3480. The molecule has 0 unspecified atom stereocenters. The molecule has 0 bridgehead atoms. The van der Waals surface area contributed by atoms with Crippen molar-refractivity contribution in [2.75, 3.05) is 0 Å². The number of hydrogen-bond donors (Lipinski definition) is 0. The number of rotatable bonds is 10. The van der Waals surface area contributed by atoms with Crippen LogP contribution in [0.5, 0.6) is 0 Å². The molecular weight excluding hydrogens is 877 g/mol. The van der Waals surface area contributed by atoms with Crippen LogP contribution in [0.3, 0.4) is 0 Å². The topological polar surface area (TPSA) is 0 Å². The maximum absolute atomic E-state index is 2.51. The minimum absolute atomic E-state index is 0.768. The minimum Gasteiger partial charge on any atom is -0.0622 e. The molecule has 1 aliphatic carbocycles. The Balaban J connectivity index is 1.18. The van der Waals surface area contributed by atoms with Gasteiger partial charge in [-0.15, -0.1) is 0 Å². The fourth-order valence-corrected chi connectivity index (χ4v) is 11.8. The number of hydrogen-bond acceptors (Lipinski definition) is 0. The highest BCUT2D eigenvalue weighted by molar-refractivity contribution is 5.95. The Hall–Kier alpha value is -9.36. The van der Waals surface area contributed by atoms with Gasteiger partial charge in [-0.3, -0.25) is 0 Å². The number of fused-ring (bicyclic) bond motifs is 3. The summed E-state index contributed by atoms with van der Waals surface area (Å²) in [4.78, 5) is 0. The van der Waals surface area contributed by atoms with E-state index in [-0.39, 0.29) is 0 Å². The second-order valence-electron chi connectivity index (χ2n) is 19.1. The van der Waals surface area contributed by atoms with E-state index in [1.165, 1.54) is 100 Å². The standard InChI is InChI=1S/C73H50/c1-5-25-51(26-6-1)61-33-13-17-37-65(61)55-45-56(66-38-18-14-34-62(66)52-27-7-2-8-28-52)48-59(47-55)73(71-43-23-21-41-69(71)70-42-22-24-44-72(70)73)60-49-57(67-39-19-15-35-63(67)53-29-9-3-10-30-53)46-58(50-60)68-40-20-16-36-64(68)54-31-11-4-12-32-54/h1-50H. The Labute approximate surface area is 428 Å². The summed E-state index contributed by atoms with van der Waals surface area (Å²) in [5, 5.41) is 0. The summed E-state index contributed by atoms with van der Waals surface area (Å²) in [5.41, 5.74) is 25.6. The summed E-state index contributed by atoms with van der Waals surface area (Å²) < 4.78 is 0. The van der Waals surface area contributed by atoms with Gasteiger partial charge in [-0.1, -0.05) is 267 Å². The van der Waals surface area contributed by atoms with E-state index in [2.05, 4.69) is 303 Å². The summed E-state index contributed by atoms with van der Waals surface area (Å²) in [7, 11) is 0. The molecular formula is C73H50. The average Bonchev–Trinajstić information content (AvgIpc) is 3.79. The number of benzene rings is 12. The van der Waals surface area contributed by atoms with Crippen molar-refractivity contribution in [2.45, 2.75) is 5.41 Å². The second-order valence-corrected chi connectivity index (χ2v) is 19.1. The predicted molar refractivity (Wildman–Crippen MR) is 307 cm³/mol. The van der Waals surface area contributed by atoms with E-state index in [4.69, 9.17) is 0 Å². The third-order valence-corrected chi connectivity index (χ3v) is 15.0. The first-order valence-electron chi connectivity index (χ1n) is 25.3. The molecule has 0 aromatic heterocycles. The van der Waals surface area contributed by atoms with E-state index in [9.17, 15) is 0 Å². The van der Waals surface area contributed by atoms with Gasteiger partial charge in [-0.2, -0.15) is 0 Å². The molecule has 0 radical (unpaired) electrons. The quantitative estimate of drug-likeness (QED) is 0.128. The molecule has 0 N–H and O–H groups in total. The molecule has 0 heteroatoms. The van der Waals surface area contributed by atoms with E-state index in [1.807, 2.05) is 0 Å². The molecule has 0 nitrogen and oxygen atoms in total. The van der Waals surface area contributed by atoms with Gasteiger partial charge in [0.1, 0.15) is 0 Å². The molecule has 73 heavy (non-hydrogen) atoms. The molecule has 0 atom stereocenters. The van der Waals surface area contributed by atoms with Crippen molar-refractivity contribution < 1.29 is 0 Å². The van der Waals surface area contributed by atoms with E-state index < -0.39 is 5.41 Å². The van der Waals surface area contributed by atoms with Crippen molar-refractivity contribution in [3.8, 4) is 100 Å². The van der Waals surface area contributed by atoms with Gasteiger partial charge in [0.05, 0.1) is 5.41 Å². The summed E-state index contributed by atoms with van der Waals surface area (Å²) in [6.45, 7) is 0. The zero-order valence-electron chi connectivity index (χ0n) is 40.4. The minimum atomic E-state index is -0.768. The molecule has 0 saturated heterocycles. The Morgan fingerprint density at radius 3 is 0.589 bits per heavy atom. The summed E-state index contributed by atoms with van der Waals surface area (Å²) in [6.07, 6.45) is 0. The largest absolute Gasteiger partial charge is 0.0714 e. The van der Waals surface area contributed by atoms with Gasteiger partial charge in [0.25, 0.3) is 0 Å². The Kier molecular flexibility index (Phi) is 11.2. The van der Waals surface area contributed by atoms with Crippen LogP contribution < -0.4 is 0 Å². The lowest BCUT2D eigenvalue weighted by molar-refractivity contribution is 0.770. The zero-order valence-corrected chi connectivity index (χ0v) is 40.4. The highest BCUT2D eigenvalue weighted by Crippen LogP contribution is 2.58. The van der Waals surface area contributed by atoms with Crippen molar-refractivity contribution in [1.29, 1.82) is 0 Å². The molecule has 0 saturated carbocycles. The van der Waals surface area contributed by atoms with Crippen LogP contribution in [0.15, 0.2) is 303 Å². The van der Waals surface area contributed by atoms with Crippen LogP contribution in [-0.2, 0) is 5.41 Å². The van der Waals surface area contributed by atoms with Gasteiger partial charge in [-0.25, -0.2) is 0 Å². The van der Waals surface area contributed by atoms with Crippen molar-refractivity contribution in [3.63, 3.8) is 0 Å². The molecule has 0 heterocycles. The van der Waals surface area contributed by atoms with Crippen LogP contribution in [0.1, 0.15) is 22.3 Å². The van der Waals surface area contributed by atoms with Gasteiger partial charge >= 0.3 is 0 Å². The third-order valence-electron chi connectivity index (χ3n) is 15.0. The van der Waals surface area contributed by atoms with Gasteiger partial charge < -0.3 is 0 Å². The van der Waals surface area contributed by atoms with Crippen LogP contribution in [0.4, 0.5) is 0 Å². The first kappa shape index (κ1) is 43.6. The fraction of sp³-hybridized carbons (Fsp3) is 0.0137. The zero-order chi connectivity index (χ0) is 48.6. The van der Waals surface area contributed by atoms with E-state index >= 15 is 0 Å². The van der Waals surface area contributed by atoms with Crippen molar-refractivity contribution >= 4 is 0 Å². The lowest BCUT2D eigenvalue weighted by atomic mass is 9.66. The SMILES string of the molecule is c1ccc(-c2ccccc2-c2cc(-c3ccccc3-c3ccccc3)cc(C3(c4cc(-c5ccccc5-c5ccccc5)cc(-c5ccccc5-c5ccccc5)c4)c4ccccc4-c4ccccc43)c2)cc1. The lowest BCUT2D eigenvalue weighted by Crippen LogP contribution is -2.29. The normalized spacial score (nSPS) is 12.2. The predicted octanol–water partition coefficient (Wildman–Crippen LogP) is 19.4. The Morgan fingerprint density at radius 2 is 0.342 bits per heavy atom. The van der Waals surface area contributed by atoms with E-state index in [1.54, 1.807) is 0 Å². The van der Waals surface area contributed by atoms with Gasteiger partial charge in [0, 0.05) is 0 Å². The molecule has 342 valence electrons. The van der Waals surface area contributed by atoms with Crippen LogP contribution in [0.25, 0.3) is 100 Å².